The summed E-state index contributed by atoms with van der Waals surface area (Å²) < 4.78 is 5.10. The van der Waals surface area contributed by atoms with E-state index in [1.165, 1.54) is 0 Å². The third-order valence-electron chi connectivity index (χ3n) is 3.77. The van der Waals surface area contributed by atoms with E-state index in [0.29, 0.717) is 5.56 Å². The molecule has 0 aliphatic heterocycles. The van der Waals surface area contributed by atoms with Gasteiger partial charge in [0, 0.05) is 5.56 Å². The minimum Gasteiger partial charge on any atom is -0.497 e. The van der Waals surface area contributed by atoms with Gasteiger partial charge < -0.3 is 4.74 Å². The van der Waals surface area contributed by atoms with Crippen LogP contribution in [0.25, 0.3) is 0 Å². The fraction of sp³-hybridized carbons (Fsp3) is 0.300. The number of nitrogens with one attached hydrogen (secondary N) is 1. The first-order chi connectivity index (χ1) is 11.7. The van der Waals surface area contributed by atoms with Gasteiger partial charge in [-0.2, -0.15) is 5.10 Å². The SMILES string of the molecule is CCCCCC(=NNC(=O)c1ccc(OC)cc1)c1ccccc1. The molecular weight excluding hydrogens is 300 g/mol. The number of nitrogens with zero attached hydrogens (tertiary/aromatic N) is 1. The highest BCUT2D eigenvalue weighted by atomic mass is 16.5. The molecule has 2 aromatic carbocycles. The van der Waals surface area contributed by atoms with Gasteiger partial charge in [-0.3, -0.25) is 4.79 Å². The van der Waals surface area contributed by atoms with E-state index in [1.807, 2.05) is 30.3 Å². The van der Waals surface area contributed by atoms with Crippen molar-refractivity contribution >= 4 is 11.6 Å². The van der Waals surface area contributed by atoms with Crippen LogP contribution in [0, 0.1) is 0 Å². The Balaban J connectivity index is 2.08. The summed E-state index contributed by atoms with van der Waals surface area (Å²) in [6, 6.07) is 16.9. The molecule has 126 valence electrons. The van der Waals surface area contributed by atoms with Crippen molar-refractivity contribution in [2.24, 2.45) is 5.10 Å². The van der Waals surface area contributed by atoms with Crippen LogP contribution in [0.4, 0.5) is 0 Å². The van der Waals surface area contributed by atoms with Crippen LogP contribution in [-0.4, -0.2) is 18.7 Å². The average molecular weight is 324 g/mol. The zero-order valence-corrected chi connectivity index (χ0v) is 14.3. The van der Waals surface area contributed by atoms with Crippen LogP contribution in [0.1, 0.15) is 48.5 Å². The number of unbranched alkanes of at least 4 members (excludes halogenated alkanes) is 2. The van der Waals surface area contributed by atoms with Crippen molar-refractivity contribution in [3.05, 3.63) is 65.7 Å². The summed E-state index contributed by atoms with van der Waals surface area (Å²) in [4.78, 5) is 12.3. The Hall–Kier alpha value is -2.62. The highest BCUT2D eigenvalue weighted by molar-refractivity contribution is 6.02. The molecule has 0 radical (unpaired) electrons. The van der Waals surface area contributed by atoms with Gasteiger partial charge in [0.25, 0.3) is 5.91 Å². The molecule has 0 aliphatic carbocycles. The van der Waals surface area contributed by atoms with Gasteiger partial charge in [0.1, 0.15) is 5.75 Å². The number of carbonyl (C=O) groups excluding carboxylic acids is 1. The molecule has 0 unspecified atom stereocenters. The summed E-state index contributed by atoms with van der Waals surface area (Å²) in [6.07, 6.45) is 4.21. The molecule has 4 nitrogen and oxygen atoms in total. The Morgan fingerprint density at radius 2 is 1.71 bits per heavy atom. The lowest BCUT2D eigenvalue weighted by atomic mass is 10.0. The van der Waals surface area contributed by atoms with Gasteiger partial charge in [-0.25, -0.2) is 5.43 Å². The summed E-state index contributed by atoms with van der Waals surface area (Å²) in [5.74, 6) is 0.501. The topological polar surface area (TPSA) is 50.7 Å². The van der Waals surface area contributed by atoms with Gasteiger partial charge in [-0.15, -0.1) is 0 Å². The van der Waals surface area contributed by atoms with Gasteiger partial charge in [0.2, 0.25) is 0 Å². The van der Waals surface area contributed by atoms with Gasteiger partial charge in [-0.05, 0) is 42.7 Å². The molecule has 2 aromatic rings. The first-order valence-electron chi connectivity index (χ1n) is 8.31. The van der Waals surface area contributed by atoms with Crippen LogP contribution >= 0.6 is 0 Å². The molecule has 0 spiro atoms. The summed E-state index contributed by atoms with van der Waals surface area (Å²) in [7, 11) is 1.60. The first kappa shape index (κ1) is 17.7. The maximum Gasteiger partial charge on any atom is 0.271 e. The van der Waals surface area contributed by atoms with E-state index in [9.17, 15) is 4.79 Å². The van der Waals surface area contributed by atoms with E-state index in [0.717, 1.165) is 42.7 Å². The molecule has 0 heterocycles. The predicted molar refractivity (Wildman–Crippen MR) is 97.6 cm³/mol. The van der Waals surface area contributed by atoms with Crippen LogP contribution in [0.2, 0.25) is 0 Å². The lowest BCUT2D eigenvalue weighted by molar-refractivity contribution is 0.0954. The van der Waals surface area contributed by atoms with Crippen molar-refractivity contribution in [1.82, 2.24) is 5.43 Å². The van der Waals surface area contributed by atoms with E-state index >= 15 is 0 Å². The maximum atomic E-state index is 12.3. The molecule has 0 atom stereocenters. The zero-order chi connectivity index (χ0) is 17.2. The van der Waals surface area contributed by atoms with Crippen molar-refractivity contribution in [2.45, 2.75) is 32.6 Å². The molecule has 0 saturated carbocycles. The normalized spacial score (nSPS) is 11.2. The molecular formula is C20H24N2O2. The number of carbonyl (C=O) groups is 1. The fourth-order valence-electron chi connectivity index (χ4n) is 2.36. The van der Waals surface area contributed by atoms with Crippen molar-refractivity contribution in [2.75, 3.05) is 7.11 Å². The largest absolute Gasteiger partial charge is 0.497 e. The molecule has 2 rings (SSSR count). The van der Waals surface area contributed by atoms with Crippen LogP contribution < -0.4 is 10.2 Å². The summed E-state index contributed by atoms with van der Waals surface area (Å²) >= 11 is 0. The summed E-state index contributed by atoms with van der Waals surface area (Å²) in [5.41, 5.74) is 5.18. The second kappa shape index (κ2) is 9.50. The number of methoxy groups -OCH3 is 1. The Labute approximate surface area is 143 Å². The van der Waals surface area contributed by atoms with E-state index in [2.05, 4.69) is 17.5 Å². The van der Waals surface area contributed by atoms with Crippen LogP contribution in [0.5, 0.6) is 5.75 Å². The summed E-state index contributed by atoms with van der Waals surface area (Å²) in [6.45, 7) is 2.17. The number of hydrazone groups is 1. The lowest BCUT2D eigenvalue weighted by Gasteiger charge is -2.08. The molecule has 0 fully saturated rings. The maximum absolute atomic E-state index is 12.3. The van der Waals surface area contributed by atoms with E-state index in [-0.39, 0.29) is 5.91 Å². The van der Waals surface area contributed by atoms with Crippen molar-refractivity contribution in [3.8, 4) is 5.75 Å². The summed E-state index contributed by atoms with van der Waals surface area (Å²) in [5, 5.41) is 4.37. The van der Waals surface area contributed by atoms with Crippen LogP contribution in [0.15, 0.2) is 59.7 Å². The minimum absolute atomic E-state index is 0.221. The smallest absolute Gasteiger partial charge is 0.271 e. The van der Waals surface area contributed by atoms with Gasteiger partial charge in [0.05, 0.1) is 12.8 Å². The van der Waals surface area contributed by atoms with Crippen molar-refractivity contribution in [1.29, 1.82) is 0 Å². The first-order valence-corrected chi connectivity index (χ1v) is 8.31. The van der Waals surface area contributed by atoms with Gasteiger partial charge >= 0.3 is 0 Å². The Kier molecular flexibility index (Phi) is 7.02. The number of hydrogen-bond donors (Lipinski definition) is 1. The second-order valence-electron chi connectivity index (χ2n) is 5.55. The van der Waals surface area contributed by atoms with Crippen molar-refractivity contribution < 1.29 is 9.53 Å². The predicted octanol–water partition coefficient (Wildman–Crippen LogP) is 4.41. The van der Waals surface area contributed by atoms with E-state index in [4.69, 9.17) is 4.74 Å². The van der Waals surface area contributed by atoms with Crippen molar-refractivity contribution in [3.63, 3.8) is 0 Å². The standard InChI is InChI=1S/C20H24N2O2/c1-3-4-6-11-19(16-9-7-5-8-10-16)21-22-20(23)17-12-14-18(24-2)15-13-17/h5,7-10,12-15H,3-4,6,11H2,1-2H3,(H,22,23). The highest BCUT2D eigenvalue weighted by Gasteiger charge is 2.07. The molecule has 0 aliphatic rings. The molecule has 1 N–H and O–H groups in total. The monoisotopic (exact) mass is 324 g/mol. The number of amides is 1. The molecule has 0 bridgehead atoms. The quantitative estimate of drug-likeness (QED) is 0.444. The second-order valence-corrected chi connectivity index (χ2v) is 5.55. The van der Waals surface area contributed by atoms with Crippen LogP contribution in [-0.2, 0) is 0 Å². The third-order valence-corrected chi connectivity index (χ3v) is 3.77. The van der Waals surface area contributed by atoms with Gasteiger partial charge in [0.15, 0.2) is 0 Å². The van der Waals surface area contributed by atoms with Crippen LogP contribution in [0.3, 0.4) is 0 Å². The highest BCUT2D eigenvalue weighted by Crippen LogP contribution is 2.12. The van der Waals surface area contributed by atoms with E-state index < -0.39 is 0 Å². The minimum atomic E-state index is -0.221. The Bertz CT molecular complexity index is 664. The number of benzene rings is 2. The Morgan fingerprint density at radius 3 is 2.33 bits per heavy atom. The lowest BCUT2D eigenvalue weighted by Crippen LogP contribution is -2.20. The third kappa shape index (κ3) is 5.23. The molecule has 0 saturated heterocycles. The van der Waals surface area contributed by atoms with E-state index in [1.54, 1.807) is 31.4 Å². The fourth-order valence-corrected chi connectivity index (χ4v) is 2.36. The molecule has 1 amide bonds. The zero-order valence-electron chi connectivity index (χ0n) is 14.3. The number of ether oxygens (including phenoxy) is 1. The molecule has 24 heavy (non-hydrogen) atoms. The molecule has 0 aromatic heterocycles. The average Bonchev–Trinajstić information content (AvgIpc) is 2.65. The number of rotatable bonds is 8. The van der Waals surface area contributed by atoms with Gasteiger partial charge in [-0.1, -0.05) is 50.1 Å². The molecule has 4 heteroatoms. The Morgan fingerprint density at radius 1 is 1.00 bits per heavy atom. The number of hydrogen-bond acceptors (Lipinski definition) is 3.